The zero-order chi connectivity index (χ0) is 10.1. The third kappa shape index (κ3) is 1.29. The van der Waals surface area contributed by atoms with Crippen LogP contribution in [0.4, 0.5) is 0 Å². The molecule has 0 saturated carbocycles. The van der Waals surface area contributed by atoms with E-state index in [1.54, 1.807) is 18.2 Å². The molecule has 0 bridgehead atoms. The molecular weight excluding hydrogens is 180 g/mol. The molecule has 1 aromatic carbocycles. The van der Waals surface area contributed by atoms with Gasteiger partial charge in [-0.3, -0.25) is 4.79 Å². The van der Waals surface area contributed by atoms with Gasteiger partial charge in [0.25, 0.3) is 0 Å². The second-order valence-electron chi connectivity index (χ2n) is 3.02. The predicted molar refractivity (Wildman–Crippen MR) is 51.9 cm³/mol. The maximum Gasteiger partial charge on any atom is 0.209 e. The number of carbonyl (C=O) groups excluding carboxylic acids is 1. The van der Waals surface area contributed by atoms with Crippen LogP contribution in [0.2, 0.25) is 0 Å². The van der Waals surface area contributed by atoms with Crippen molar-refractivity contribution < 1.29 is 9.21 Å². The van der Waals surface area contributed by atoms with E-state index in [1.807, 2.05) is 0 Å². The van der Waals surface area contributed by atoms with Crippen LogP contribution in [0.15, 0.2) is 22.6 Å². The summed E-state index contributed by atoms with van der Waals surface area (Å²) in [6, 6.07) is 5.27. The van der Waals surface area contributed by atoms with Gasteiger partial charge in [-0.15, -0.1) is 0 Å². The summed E-state index contributed by atoms with van der Waals surface area (Å²) in [5.74, 6) is 0.432. The number of fused-ring (bicyclic) bond motifs is 1. The number of Topliss-reactive ketones (excluding diaryl/α,β-unsaturated/α-hetero) is 1. The molecule has 0 radical (unpaired) electrons. The number of para-hydroxylation sites is 1. The highest BCUT2D eigenvalue weighted by Crippen LogP contribution is 2.19. The summed E-state index contributed by atoms with van der Waals surface area (Å²) in [4.78, 5) is 15.4. The molecule has 0 aliphatic carbocycles. The van der Waals surface area contributed by atoms with Crippen molar-refractivity contribution in [1.29, 1.82) is 0 Å². The van der Waals surface area contributed by atoms with Crippen LogP contribution in [-0.4, -0.2) is 10.8 Å². The highest BCUT2D eigenvalue weighted by molar-refractivity contribution is 6.04. The lowest BCUT2D eigenvalue weighted by molar-refractivity contribution is 0.101. The fourth-order valence-corrected chi connectivity index (χ4v) is 1.37. The number of carbonyl (C=O) groups is 1. The molecule has 4 heteroatoms. The molecule has 0 unspecified atom stereocenters. The monoisotopic (exact) mass is 190 g/mol. The second-order valence-corrected chi connectivity index (χ2v) is 3.02. The minimum absolute atomic E-state index is 0.0209. The summed E-state index contributed by atoms with van der Waals surface area (Å²) >= 11 is 0. The number of ketones is 1. The van der Waals surface area contributed by atoms with Crippen LogP contribution >= 0.6 is 0 Å². The fraction of sp³-hybridized carbons (Fsp3) is 0.200. The molecule has 1 heterocycles. The van der Waals surface area contributed by atoms with Crippen LogP contribution in [0.25, 0.3) is 11.1 Å². The van der Waals surface area contributed by atoms with Crippen LogP contribution in [-0.2, 0) is 6.54 Å². The van der Waals surface area contributed by atoms with Gasteiger partial charge in [0.15, 0.2) is 11.4 Å². The molecule has 0 amide bonds. The number of nitrogens with zero attached hydrogens (tertiary/aromatic N) is 1. The number of aromatic nitrogens is 1. The first-order chi connectivity index (χ1) is 6.72. The van der Waals surface area contributed by atoms with E-state index in [0.29, 0.717) is 22.6 Å². The third-order valence-corrected chi connectivity index (χ3v) is 2.02. The Kier molecular flexibility index (Phi) is 2.05. The van der Waals surface area contributed by atoms with E-state index >= 15 is 0 Å². The van der Waals surface area contributed by atoms with E-state index in [-0.39, 0.29) is 12.3 Å². The third-order valence-electron chi connectivity index (χ3n) is 2.02. The standard InChI is InChI=1S/C10H10N2O2/c1-6(13)7-3-2-4-8-10(7)12-9(5-11)14-8/h2-4H,5,11H2,1H3. The quantitative estimate of drug-likeness (QED) is 0.728. The van der Waals surface area contributed by atoms with Crippen molar-refractivity contribution in [1.82, 2.24) is 4.98 Å². The predicted octanol–water partition coefficient (Wildman–Crippen LogP) is 1.49. The van der Waals surface area contributed by atoms with Crippen molar-refractivity contribution in [3.05, 3.63) is 29.7 Å². The lowest BCUT2D eigenvalue weighted by Gasteiger charge is -1.93. The summed E-state index contributed by atoms with van der Waals surface area (Å²) in [6.07, 6.45) is 0. The molecule has 0 saturated heterocycles. The number of benzene rings is 1. The average molecular weight is 190 g/mol. The highest BCUT2D eigenvalue weighted by atomic mass is 16.3. The number of nitrogens with two attached hydrogens (primary N) is 1. The maximum absolute atomic E-state index is 11.2. The van der Waals surface area contributed by atoms with Crippen LogP contribution in [0, 0.1) is 0 Å². The SMILES string of the molecule is CC(=O)c1cccc2oc(CN)nc12. The molecule has 0 atom stereocenters. The van der Waals surface area contributed by atoms with Gasteiger partial charge >= 0.3 is 0 Å². The molecule has 4 nitrogen and oxygen atoms in total. The number of oxazole rings is 1. The Morgan fingerprint density at radius 1 is 1.57 bits per heavy atom. The molecule has 0 spiro atoms. The van der Waals surface area contributed by atoms with Crippen molar-refractivity contribution in [2.45, 2.75) is 13.5 Å². The van der Waals surface area contributed by atoms with Gasteiger partial charge in [0.05, 0.1) is 6.54 Å². The highest BCUT2D eigenvalue weighted by Gasteiger charge is 2.10. The Bertz CT molecular complexity index is 488. The lowest BCUT2D eigenvalue weighted by Crippen LogP contribution is -1.96. The van der Waals surface area contributed by atoms with Crippen LogP contribution in [0.5, 0.6) is 0 Å². The minimum Gasteiger partial charge on any atom is -0.439 e. The van der Waals surface area contributed by atoms with Gasteiger partial charge in [-0.1, -0.05) is 6.07 Å². The zero-order valence-electron chi connectivity index (χ0n) is 7.78. The zero-order valence-corrected chi connectivity index (χ0v) is 7.78. The van der Waals surface area contributed by atoms with E-state index in [1.165, 1.54) is 6.92 Å². The fourth-order valence-electron chi connectivity index (χ4n) is 1.37. The summed E-state index contributed by atoms with van der Waals surface area (Å²) in [6.45, 7) is 1.75. The van der Waals surface area contributed by atoms with Crippen molar-refractivity contribution >= 4 is 16.9 Å². The second kappa shape index (κ2) is 3.23. The van der Waals surface area contributed by atoms with E-state index in [0.717, 1.165) is 0 Å². The van der Waals surface area contributed by atoms with Crippen molar-refractivity contribution in [3.8, 4) is 0 Å². The van der Waals surface area contributed by atoms with Gasteiger partial charge in [0.2, 0.25) is 5.89 Å². The lowest BCUT2D eigenvalue weighted by atomic mass is 10.1. The Hall–Kier alpha value is -1.68. The van der Waals surface area contributed by atoms with Crippen molar-refractivity contribution in [2.75, 3.05) is 0 Å². The molecule has 1 aromatic heterocycles. The van der Waals surface area contributed by atoms with Crippen molar-refractivity contribution in [3.63, 3.8) is 0 Å². The summed E-state index contributed by atoms with van der Waals surface area (Å²) < 4.78 is 5.32. The van der Waals surface area contributed by atoms with E-state index in [2.05, 4.69) is 4.98 Å². The molecule has 0 aliphatic rings. The Morgan fingerprint density at radius 3 is 3.00 bits per heavy atom. The number of hydrogen-bond donors (Lipinski definition) is 1. The summed E-state index contributed by atoms with van der Waals surface area (Å²) in [5.41, 5.74) is 7.18. The number of hydrogen-bond acceptors (Lipinski definition) is 4. The molecule has 0 aliphatic heterocycles. The Balaban J connectivity index is 2.73. The van der Waals surface area contributed by atoms with Crippen LogP contribution in [0.1, 0.15) is 23.2 Å². The summed E-state index contributed by atoms with van der Waals surface area (Å²) in [7, 11) is 0. The molecule has 2 aromatic rings. The van der Waals surface area contributed by atoms with Crippen LogP contribution < -0.4 is 5.73 Å². The van der Waals surface area contributed by atoms with Gasteiger partial charge in [-0.05, 0) is 19.1 Å². The van der Waals surface area contributed by atoms with E-state index < -0.39 is 0 Å². The molecule has 72 valence electrons. The summed E-state index contributed by atoms with van der Waals surface area (Å²) in [5, 5.41) is 0. The molecule has 0 fully saturated rings. The van der Waals surface area contributed by atoms with Gasteiger partial charge in [-0.25, -0.2) is 4.98 Å². The average Bonchev–Trinajstić information content (AvgIpc) is 2.59. The van der Waals surface area contributed by atoms with Gasteiger partial charge < -0.3 is 10.2 Å². The van der Waals surface area contributed by atoms with Crippen molar-refractivity contribution in [2.24, 2.45) is 5.73 Å². The molecule has 2 N–H and O–H groups in total. The van der Waals surface area contributed by atoms with Gasteiger partial charge in [0.1, 0.15) is 5.52 Å². The first-order valence-corrected chi connectivity index (χ1v) is 4.32. The van der Waals surface area contributed by atoms with E-state index in [4.69, 9.17) is 10.2 Å². The largest absolute Gasteiger partial charge is 0.439 e. The maximum atomic E-state index is 11.2. The Morgan fingerprint density at radius 2 is 2.36 bits per heavy atom. The first kappa shape index (κ1) is 8.90. The Labute approximate surface area is 80.7 Å². The van der Waals surface area contributed by atoms with Gasteiger partial charge in [0, 0.05) is 5.56 Å². The first-order valence-electron chi connectivity index (χ1n) is 4.32. The topological polar surface area (TPSA) is 69.1 Å². The number of rotatable bonds is 2. The molecular formula is C10H10N2O2. The van der Waals surface area contributed by atoms with Crippen LogP contribution in [0.3, 0.4) is 0 Å². The molecule has 2 rings (SSSR count). The normalized spacial score (nSPS) is 10.7. The minimum atomic E-state index is -0.0209. The molecule has 14 heavy (non-hydrogen) atoms. The van der Waals surface area contributed by atoms with E-state index in [9.17, 15) is 4.79 Å². The van der Waals surface area contributed by atoms with Gasteiger partial charge in [-0.2, -0.15) is 0 Å². The smallest absolute Gasteiger partial charge is 0.209 e.